The van der Waals surface area contributed by atoms with Crippen LogP contribution in [0.4, 0.5) is 0 Å². The maximum Gasteiger partial charge on any atom is 0.251 e. The highest BCUT2D eigenvalue weighted by Crippen LogP contribution is 2.28. The molecule has 1 N–H and O–H groups in total. The van der Waals surface area contributed by atoms with E-state index in [2.05, 4.69) is 23.2 Å². The van der Waals surface area contributed by atoms with E-state index in [-0.39, 0.29) is 22.1 Å². The molecule has 7 nitrogen and oxygen atoms in total. The van der Waals surface area contributed by atoms with Crippen molar-refractivity contribution in [1.29, 1.82) is 0 Å². The molecule has 2 aromatic rings. The SMILES string of the molecule is CCN(CC)S(=O)(=O)c1cc(C(=O)NCc2ccccc2CN2CCC(C)CC2)ccc1OC. The van der Waals surface area contributed by atoms with Crippen molar-refractivity contribution in [1.82, 2.24) is 14.5 Å². The molecule has 1 aliphatic rings. The second kappa shape index (κ2) is 11.8. The zero-order chi connectivity index (χ0) is 24.7. The molecule has 0 aromatic heterocycles. The maximum absolute atomic E-state index is 13.1. The summed E-state index contributed by atoms with van der Waals surface area (Å²) in [7, 11) is -2.34. The third-order valence-corrected chi connectivity index (χ3v) is 8.65. The summed E-state index contributed by atoms with van der Waals surface area (Å²) in [6, 6.07) is 12.7. The van der Waals surface area contributed by atoms with Crippen LogP contribution in [-0.4, -0.2) is 56.8 Å². The van der Waals surface area contributed by atoms with E-state index >= 15 is 0 Å². The van der Waals surface area contributed by atoms with E-state index in [9.17, 15) is 13.2 Å². The highest BCUT2D eigenvalue weighted by atomic mass is 32.2. The molecule has 0 atom stereocenters. The molecular weight excluding hydrogens is 450 g/mol. The van der Waals surface area contributed by atoms with Gasteiger partial charge in [-0.05, 0) is 61.2 Å². The molecule has 1 saturated heterocycles. The van der Waals surface area contributed by atoms with Gasteiger partial charge >= 0.3 is 0 Å². The lowest BCUT2D eigenvalue weighted by Gasteiger charge is -2.30. The van der Waals surface area contributed by atoms with Gasteiger partial charge in [-0.3, -0.25) is 9.69 Å². The quantitative estimate of drug-likeness (QED) is 0.550. The molecule has 1 heterocycles. The van der Waals surface area contributed by atoms with Crippen LogP contribution in [0.2, 0.25) is 0 Å². The standard InChI is InChI=1S/C26H37N3O4S/c1-5-29(6-2)34(31,32)25-17-21(11-12-24(25)33-4)26(30)27-18-22-9-7-8-10-23(22)19-28-15-13-20(3)14-16-28/h7-12,17,20H,5-6,13-16,18-19H2,1-4H3,(H,27,30). The molecular formula is C26H37N3O4S. The normalized spacial score (nSPS) is 15.4. The molecule has 1 fully saturated rings. The summed E-state index contributed by atoms with van der Waals surface area (Å²) >= 11 is 0. The van der Waals surface area contributed by atoms with Crippen LogP contribution < -0.4 is 10.1 Å². The topological polar surface area (TPSA) is 79.0 Å². The highest BCUT2D eigenvalue weighted by molar-refractivity contribution is 7.89. The Labute approximate surface area is 204 Å². The minimum Gasteiger partial charge on any atom is -0.495 e. The number of sulfonamides is 1. The van der Waals surface area contributed by atoms with Crippen molar-refractivity contribution in [2.24, 2.45) is 5.92 Å². The number of nitrogens with one attached hydrogen (secondary N) is 1. The number of hydrogen-bond donors (Lipinski definition) is 1. The lowest BCUT2D eigenvalue weighted by atomic mass is 9.98. The number of ether oxygens (including phenoxy) is 1. The number of carbonyl (C=O) groups excluding carboxylic acids is 1. The average molecular weight is 488 g/mol. The number of amides is 1. The van der Waals surface area contributed by atoms with Gasteiger partial charge in [0.25, 0.3) is 5.91 Å². The van der Waals surface area contributed by atoms with Crippen LogP contribution in [0.3, 0.4) is 0 Å². The molecule has 1 aliphatic heterocycles. The number of piperidine rings is 1. The van der Waals surface area contributed by atoms with Crippen LogP contribution >= 0.6 is 0 Å². The van der Waals surface area contributed by atoms with Crippen molar-refractivity contribution < 1.29 is 17.9 Å². The van der Waals surface area contributed by atoms with Crippen LogP contribution in [-0.2, 0) is 23.1 Å². The largest absolute Gasteiger partial charge is 0.495 e. The summed E-state index contributed by atoms with van der Waals surface area (Å²) < 4.78 is 32.8. The molecule has 3 rings (SSSR count). The molecule has 0 radical (unpaired) electrons. The molecule has 8 heteroatoms. The maximum atomic E-state index is 13.1. The molecule has 34 heavy (non-hydrogen) atoms. The number of likely N-dealkylation sites (tertiary alicyclic amines) is 1. The zero-order valence-electron chi connectivity index (χ0n) is 20.7. The Balaban J connectivity index is 1.75. The molecule has 0 bridgehead atoms. The van der Waals surface area contributed by atoms with Gasteiger partial charge in [0.1, 0.15) is 10.6 Å². The number of carbonyl (C=O) groups is 1. The summed E-state index contributed by atoms with van der Waals surface area (Å²) in [6.07, 6.45) is 2.43. The lowest BCUT2D eigenvalue weighted by Crippen LogP contribution is -2.33. The van der Waals surface area contributed by atoms with Crippen molar-refractivity contribution >= 4 is 15.9 Å². The first-order chi connectivity index (χ1) is 16.3. The van der Waals surface area contributed by atoms with E-state index in [1.165, 1.54) is 42.0 Å². The van der Waals surface area contributed by atoms with Crippen LogP contribution in [0, 0.1) is 5.92 Å². The van der Waals surface area contributed by atoms with Gasteiger partial charge in [0.05, 0.1) is 7.11 Å². The fourth-order valence-corrected chi connectivity index (χ4v) is 5.98. The number of rotatable bonds is 10. The first kappa shape index (κ1) is 26.2. The lowest BCUT2D eigenvalue weighted by molar-refractivity contribution is 0.0950. The minimum absolute atomic E-state index is 0.00563. The van der Waals surface area contributed by atoms with Gasteiger partial charge in [0.15, 0.2) is 0 Å². The van der Waals surface area contributed by atoms with Crippen molar-refractivity contribution in [2.75, 3.05) is 33.3 Å². The van der Waals surface area contributed by atoms with E-state index in [0.717, 1.165) is 31.1 Å². The van der Waals surface area contributed by atoms with E-state index in [4.69, 9.17) is 4.74 Å². The summed E-state index contributed by atoms with van der Waals surface area (Å²) in [5.74, 6) is 0.690. The van der Waals surface area contributed by atoms with Crippen molar-refractivity contribution in [3.63, 3.8) is 0 Å². The Morgan fingerprint density at radius 2 is 1.74 bits per heavy atom. The van der Waals surface area contributed by atoms with Gasteiger partial charge in [-0.1, -0.05) is 45.0 Å². The Morgan fingerprint density at radius 1 is 1.09 bits per heavy atom. The monoisotopic (exact) mass is 487 g/mol. The first-order valence-corrected chi connectivity index (χ1v) is 13.5. The van der Waals surface area contributed by atoms with Crippen LogP contribution in [0.15, 0.2) is 47.4 Å². The van der Waals surface area contributed by atoms with Crippen molar-refractivity contribution in [3.05, 3.63) is 59.2 Å². The van der Waals surface area contributed by atoms with Crippen LogP contribution in [0.1, 0.15) is 55.1 Å². The third kappa shape index (κ3) is 6.17. The van der Waals surface area contributed by atoms with Crippen LogP contribution in [0.25, 0.3) is 0 Å². The summed E-state index contributed by atoms with van der Waals surface area (Å²) in [6.45, 7) is 9.99. The number of benzene rings is 2. The summed E-state index contributed by atoms with van der Waals surface area (Å²) in [5.41, 5.74) is 2.56. The summed E-state index contributed by atoms with van der Waals surface area (Å²) in [5, 5.41) is 2.97. The number of nitrogens with zero attached hydrogens (tertiary/aromatic N) is 2. The number of methoxy groups -OCH3 is 1. The van der Waals surface area contributed by atoms with Gasteiger partial charge in [0, 0.05) is 31.7 Å². The van der Waals surface area contributed by atoms with Crippen molar-refractivity contribution in [3.8, 4) is 5.75 Å². The van der Waals surface area contributed by atoms with Gasteiger partial charge < -0.3 is 10.1 Å². The summed E-state index contributed by atoms with van der Waals surface area (Å²) in [4.78, 5) is 15.4. The van der Waals surface area contributed by atoms with Gasteiger partial charge in [-0.15, -0.1) is 0 Å². The molecule has 0 aliphatic carbocycles. The van der Waals surface area contributed by atoms with Gasteiger partial charge in [0.2, 0.25) is 10.0 Å². The molecule has 0 saturated carbocycles. The van der Waals surface area contributed by atoms with Gasteiger partial charge in [-0.25, -0.2) is 8.42 Å². The van der Waals surface area contributed by atoms with E-state index in [0.29, 0.717) is 19.6 Å². The smallest absolute Gasteiger partial charge is 0.251 e. The van der Waals surface area contributed by atoms with Crippen LogP contribution in [0.5, 0.6) is 5.75 Å². The molecule has 1 amide bonds. The van der Waals surface area contributed by atoms with Gasteiger partial charge in [-0.2, -0.15) is 4.31 Å². The minimum atomic E-state index is -3.77. The fraction of sp³-hybridized carbons (Fsp3) is 0.500. The average Bonchev–Trinajstić information content (AvgIpc) is 2.84. The number of hydrogen-bond acceptors (Lipinski definition) is 5. The third-order valence-electron chi connectivity index (χ3n) is 6.58. The zero-order valence-corrected chi connectivity index (χ0v) is 21.5. The second-order valence-corrected chi connectivity index (χ2v) is 10.8. The predicted octanol–water partition coefficient (Wildman–Crippen LogP) is 3.89. The molecule has 0 unspecified atom stereocenters. The predicted molar refractivity (Wildman–Crippen MR) is 134 cm³/mol. The van der Waals surface area contributed by atoms with E-state index in [1.54, 1.807) is 19.9 Å². The van der Waals surface area contributed by atoms with E-state index < -0.39 is 10.0 Å². The second-order valence-electron chi connectivity index (χ2n) is 8.87. The molecule has 2 aromatic carbocycles. The Morgan fingerprint density at radius 3 is 2.35 bits per heavy atom. The fourth-order valence-electron chi connectivity index (χ4n) is 4.34. The Hall–Kier alpha value is -2.42. The Kier molecular flexibility index (Phi) is 9.10. The molecule has 0 spiro atoms. The first-order valence-electron chi connectivity index (χ1n) is 12.1. The van der Waals surface area contributed by atoms with Crippen molar-refractivity contribution in [2.45, 2.75) is 51.6 Å². The molecule has 186 valence electrons. The van der Waals surface area contributed by atoms with E-state index in [1.807, 2.05) is 18.2 Å². The highest BCUT2D eigenvalue weighted by Gasteiger charge is 2.27. The Bertz CT molecular complexity index is 1080.